The third-order valence-corrected chi connectivity index (χ3v) is 5.94. The standard InChI is InChI=1S/C22H24N4O3S/c27-21(24-20-10-11-23-26(20)14-18-8-5-13-30-18)15-25-12-4-9-19(25)22(28)29-16-17-6-2-1-3-7-17/h1-3,5-8,10-11,13,19H,4,9,12,14-16H2,(H,24,27). The minimum Gasteiger partial charge on any atom is -0.460 e. The molecule has 8 heteroatoms. The molecule has 0 radical (unpaired) electrons. The number of likely N-dealkylation sites (tertiary alicyclic amines) is 1. The number of nitrogens with one attached hydrogen (secondary N) is 1. The first-order chi connectivity index (χ1) is 14.7. The van der Waals surface area contributed by atoms with Gasteiger partial charge in [-0.3, -0.25) is 14.5 Å². The van der Waals surface area contributed by atoms with E-state index in [0.717, 1.165) is 16.9 Å². The maximum atomic E-state index is 12.6. The quantitative estimate of drug-likeness (QED) is 0.562. The van der Waals surface area contributed by atoms with E-state index in [2.05, 4.69) is 10.4 Å². The van der Waals surface area contributed by atoms with Crippen molar-refractivity contribution in [3.63, 3.8) is 0 Å². The number of hydrogen-bond acceptors (Lipinski definition) is 6. The van der Waals surface area contributed by atoms with Gasteiger partial charge in [0.25, 0.3) is 0 Å². The van der Waals surface area contributed by atoms with Gasteiger partial charge in [0.2, 0.25) is 5.91 Å². The van der Waals surface area contributed by atoms with E-state index < -0.39 is 0 Å². The molecular weight excluding hydrogens is 400 g/mol. The Labute approximate surface area is 179 Å². The number of benzene rings is 1. The van der Waals surface area contributed by atoms with E-state index in [9.17, 15) is 9.59 Å². The van der Waals surface area contributed by atoms with E-state index in [1.54, 1.807) is 28.3 Å². The zero-order valence-electron chi connectivity index (χ0n) is 16.6. The molecule has 0 saturated carbocycles. The Hall–Kier alpha value is -2.97. The van der Waals surface area contributed by atoms with Gasteiger partial charge in [0.1, 0.15) is 18.5 Å². The lowest BCUT2D eigenvalue weighted by molar-refractivity contribution is -0.150. The van der Waals surface area contributed by atoms with Crippen LogP contribution in [0.25, 0.3) is 0 Å². The third kappa shape index (κ3) is 5.14. The largest absolute Gasteiger partial charge is 0.460 e. The summed E-state index contributed by atoms with van der Waals surface area (Å²) in [6.45, 7) is 1.71. The Balaban J connectivity index is 1.30. The van der Waals surface area contributed by atoms with E-state index in [1.807, 2.05) is 52.7 Å². The molecule has 1 fully saturated rings. The second-order valence-electron chi connectivity index (χ2n) is 7.22. The van der Waals surface area contributed by atoms with Crippen LogP contribution in [0.15, 0.2) is 60.1 Å². The van der Waals surface area contributed by atoms with Gasteiger partial charge in [-0.25, -0.2) is 4.68 Å². The number of anilines is 1. The second-order valence-corrected chi connectivity index (χ2v) is 8.26. The van der Waals surface area contributed by atoms with Crippen LogP contribution < -0.4 is 5.32 Å². The monoisotopic (exact) mass is 424 g/mol. The van der Waals surface area contributed by atoms with Gasteiger partial charge in [-0.2, -0.15) is 5.10 Å². The Bertz CT molecular complexity index is 971. The number of hydrogen-bond donors (Lipinski definition) is 1. The Morgan fingerprint density at radius 2 is 2.03 bits per heavy atom. The summed E-state index contributed by atoms with van der Waals surface area (Å²) in [5.41, 5.74) is 0.951. The van der Waals surface area contributed by atoms with Crippen molar-refractivity contribution in [3.8, 4) is 0 Å². The number of esters is 1. The minimum atomic E-state index is -0.379. The van der Waals surface area contributed by atoms with E-state index in [4.69, 9.17) is 4.74 Å². The van der Waals surface area contributed by atoms with Crippen molar-refractivity contribution in [2.24, 2.45) is 0 Å². The topological polar surface area (TPSA) is 76.5 Å². The Morgan fingerprint density at radius 1 is 1.17 bits per heavy atom. The molecule has 1 amide bonds. The summed E-state index contributed by atoms with van der Waals surface area (Å²) >= 11 is 1.65. The van der Waals surface area contributed by atoms with Crippen molar-refractivity contribution in [1.29, 1.82) is 0 Å². The average Bonchev–Trinajstić information content (AvgIpc) is 3.51. The van der Waals surface area contributed by atoms with E-state index in [1.165, 1.54) is 0 Å². The lowest BCUT2D eigenvalue weighted by atomic mass is 10.2. The third-order valence-electron chi connectivity index (χ3n) is 5.08. The molecule has 1 unspecified atom stereocenters. The van der Waals surface area contributed by atoms with Crippen molar-refractivity contribution in [1.82, 2.24) is 14.7 Å². The lowest BCUT2D eigenvalue weighted by Gasteiger charge is -2.22. The molecule has 1 N–H and O–H groups in total. The number of ether oxygens (including phenoxy) is 1. The van der Waals surface area contributed by atoms with Crippen molar-refractivity contribution < 1.29 is 14.3 Å². The zero-order valence-corrected chi connectivity index (χ0v) is 17.4. The molecule has 2 aromatic heterocycles. The first-order valence-corrected chi connectivity index (χ1v) is 10.9. The van der Waals surface area contributed by atoms with Crippen molar-refractivity contribution in [2.75, 3.05) is 18.4 Å². The van der Waals surface area contributed by atoms with Crippen molar-refractivity contribution in [2.45, 2.75) is 32.0 Å². The number of nitrogens with zero attached hydrogens (tertiary/aromatic N) is 3. The molecule has 1 aliphatic rings. The van der Waals surface area contributed by atoms with Gasteiger partial charge in [-0.1, -0.05) is 36.4 Å². The highest BCUT2D eigenvalue weighted by Gasteiger charge is 2.33. The molecule has 0 spiro atoms. The summed E-state index contributed by atoms with van der Waals surface area (Å²) in [5.74, 6) is 0.216. The molecule has 7 nitrogen and oxygen atoms in total. The molecule has 1 atom stereocenters. The zero-order chi connectivity index (χ0) is 20.8. The SMILES string of the molecule is O=C(CN1CCCC1C(=O)OCc1ccccc1)Nc1ccnn1Cc1cccs1. The fourth-order valence-electron chi connectivity index (χ4n) is 3.59. The minimum absolute atomic E-state index is 0.148. The fourth-order valence-corrected chi connectivity index (χ4v) is 4.27. The number of aromatic nitrogens is 2. The van der Waals surface area contributed by atoms with Gasteiger partial charge < -0.3 is 10.1 Å². The van der Waals surface area contributed by atoms with Gasteiger partial charge in [-0.15, -0.1) is 11.3 Å². The first-order valence-electron chi connectivity index (χ1n) is 9.98. The average molecular weight is 425 g/mol. The van der Waals surface area contributed by atoms with Crippen LogP contribution in [0.4, 0.5) is 5.82 Å². The smallest absolute Gasteiger partial charge is 0.323 e. The van der Waals surface area contributed by atoms with E-state index in [0.29, 0.717) is 25.3 Å². The molecule has 3 heterocycles. The molecule has 1 aliphatic heterocycles. The predicted molar refractivity (Wildman–Crippen MR) is 115 cm³/mol. The molecule has 0 bridgehead atoms. The predicted octanol–water partition coefficient (Wildman–Crippen LogP) is 3.14. The van der Waals surface area contributed by atoms with Gasteiger partial charge in [0, 0.05) is 10.9 Å². The van der Waals surface area contributed by atoms with Crippen LogP contribution in [0.2, 0.25) is 0 Å². The normalized spacial score (nSPS) is 16.5. The summed E-state index contributed by atoms with van der Waals surface area (Å²) in [6.07, 6.45) is 3.24. The summed E-state index contributed by atoms with van der Waals surface area (Å²) in [4.78, 5) is 28.2. The first kappa shape index (κ1) is 20.3. The summed E-state index contributed by atoms with van der Waals surface area (Å²) in [7, 11) is 0. The highest BCUT2D eigenvalue weighted by atomic mass is 32.1. The molecule has 30 heavy (non-hydrogen) atoms. The number of carbonyl (C=O) groups is 2. The van der Waals surface area contributed by atoms with Crippen LogP contribution in [-0.2, 0) is 27.5 Å². The molecule has 1 aromatic carbocycles. The summed E-state index contributed by atoms with van der Waals surface area (Å²) < 4.78 is 7.25. The fraction of sp³-hybridized carbons (Fsp3) is 0.318. The molecule has 0 aliphatic carbocycles. The van der Waals surface area contributed by atoms with Gasteiger partial charge in [0.15, 0.2) is 0 Å². The summed E-state index contributed by atoms with van der Waals surface area (Å²) in [5, 5.41) is 9.23. The highest BCUT2D eigenvalue weighted by molar-refractivity contribution is 7.09. The van der Waals surface area contributed by atoms with Crippen LogP contribution in [0, 0.1) is 0 Å². The van der Waals surface area contributed by atoms with Crippen LogP contribution in [0.1, 0.15) is 23.3 Å². The van der Waals surface area contributed by atoms with Crippen LogP contribution >= 0.6 is 11.3 Å². The summed E-state index contributed by atoms with van der Waals surface area (Å²) in [6, 6.07) is 15.0. The molecular formula is C22H24N4O3S. The highest BCUT2D eigenvalue weighted by Crippen LogP contribution is 2.20. The Morgan fingerprint density at radius 3 is 2.83 bits per heavy atom. The molecule has 3 aromatic rings. The van der Waals surface area contributed by atoms with Crippen LogP contribution in [0.3, 0.4) is 0 Å². The lowest BCUT2D eigenvalue weighted by Crippen LogP contribution is -2.42. The van der Waals surface area contributed by atoms with Gasteiger partial charge in [-0.05, 0) is 36.4 Å². The van der Waals surface area contributed by atoms with Gasteiger partial charge in [0.05, 0.1) is 19.3 Å². The van der Waals surface area contributed by atoms with Gasteiger partial charge >= 0.3 is 5.97 Å². The Kier molecular flexibility index (Phi) is 6.56. The molecule has 1 saturated heterocycles. The van der Waals surface area contributed by atoms with E-state index in [-0.39, 0.29) is 31.1 Å². The maximum Gasteiger partial charge on any atom is 0.323 e. The molecule has 156 valence electrons. The second kappa shape index (κ2) is 9.69. The van der Waals surface area contributed by atoms with Crippen molar-refractivity contribution >= 4 is 29.0 Å². The number of rotatable bonds is 8. The number of carbonyl (C=O) groups excluding carboxylic acids is 2. The maximum absolute atomic E-state index is 12.6. The number of thiophene rings is 1. The van der Waals surface area contributed by atoms with Crippen molar-refractivity contribution in [3.05, 3.63) is 70.5 Å². The van der Waals surface area contributed by atoms with E-state index >= 15 is 0 Å². The molecule has 4 rings (SSSR count). The number of amides is 1. The van der Waals surface area contributed by atoms with Crippen LogP contribution in [-0.4, -0.2) is 45.7 Å². The van der Waals surface area contributed by atoms with Crippen LogP contribution in [0.5, 0.6) is 0 Å².